The number of hydrogen-bond acceptors (Lipinski definition) is 3. The number of pyridine rings is 1. The van der Waals surface area contributed by atoms with Crippen molar-refractivity contribution in [1.82, 2.24) is 4.57 Å². The van der Waals surface area contributed by atoms with E-state index in [0.717, 1.165) is 0 Å². The van der Waals surface area contributed by atoms with Gasteiger partial charge >= 0.3 is 0 Å². The van der Waals surface area contributed by atoms with Gasteiger partial charge in [-0.1, -0.05) is 23.2 Å². The molecule has 0 aliphatic rings. The summed E-state index contributed by atoms with van der Waals surface area (Å²) < 4.78 is 25.8. The molecular formula is C21H18Cl2FNO3. The quantitative estimate of drug-likeness (QED) is 0.558. The molecule has 1 aromatic heterocycles. The minimum absolute atomic E-state index is 0.190. The molecular weight excluding hydrogens is 404 g/mol. The zero-order valence-corrected chi connectivity index (χ0v) is 17.3. The van der Waals surface area contributed by atoms with Gasteiger partial charge in [0.2, 0.25) is 0 Å². The Labute approximate surface area is 172 Å². The first-order valence-corrected chi connectivity index (χ1v) is 9.11. The van der Waals surface area contributed by atoms with Gasteiger partial charge in [0, 0.05) is 47.1 Å². The highest BCUT2D eigenvalue weighted by Crippen LogP contribution is 2.44. The van der Waals surface area contributed by atoms with Crippen molar-refractivity contribution in [3.05, 3.63) is 68.3 Å². The average Bonchev–Trinajstić information content (AvgIpc) is 2.67. The Morgan fingerprint density at radius 1 is 1.00 bits per heavy atom. The summed E-state index contributed by atoms with van der Waals surface area (Å²) in [7, 11) is 4.70. The lowest BCUT2D eigenvalue weighted by Gasteiger charge is -2.18. The minimum Gasteiger partial charge on any atom is -0.497 e. The molecule has 0 aliphatic carbocycles. The van der Waals surface area contributed by atoms with E-state index in [4.69, 9.17) is 32.7 Å². The second-order valence-electron chi connectivity index (χ2n) is 6.27. The van der Waals surface area contributed by atoms with E-state index < -0.39 is 5.82 Å². The molecule has 2 aromatic carbocycles. The summed E-state index contributed by atoms with van der Waals surface area (Å²) in [6.45, 7) is 1.70. The Hall–Kier alpha value is -2.50. The van der Waals surface area contributed by atoms with Crippen molar-refractivity contribution in [3.63, 3.8) is 0 Å². The molecule has 0 saturated heterocycles. The standard InChI is InChI=1S/C21H18Cl2FNO3/c1-11-19(14-6-5-12(24)7-17(14)22)16(10-25(2)21(11)26)15-8-13(27-3)9-18(28-4)20(15)23/h5-10H,1-4H3. The van der Waals surface area contributed by atoms with Crippen LogP contribution in [0, 0.1) is 12.7 Å². The molecule has 7 heteroatoms. The van der Waals surface area contributed by atoms with Crippen LogP contribution in [0.2, 0.25) is 10.0 Å². The van der Waals surface area contributed by atoms with E-state index >= 15 is 0 Å². The topological polar surface area (TPSA) is 40.5 Å². The molecule has 0 radical (unpaired) electrons. The molecule has 0 saturated carbocycles. The third kappa shape index (κ3) is 3.48. The maximum Gasteiger partial charge on any atom is 0.253 e. The molecule has 1 heterocycles. The summed E-state index contributed by atoms with van der Waals surface area (Å²) in [5.41, 5.74) is 2.63. The van der Waals surface area contributed by atoms with Crippen molar-refractivity contribution in [2.24, 2.45) is 7.05 Å². The molecule has 0 amide bonds. The first-order valence-electron chi connectivity index (χ1n) is 8.36. The van der Waals surface area contributed by atoms with E-state index in [2.05, 4.69) is 0 Å². The van der Waals surface area contributed by atoms with Crippen LogP contribution in [0.4, 0.5) is 4.39 Å². The fourth-order valence-corrected chi connectivity index (χ4v) is 3.72. The van der Waals surface area contributed by atoms with E-state index in [0.29, 0.717) is 44.3 Å². The number of hydrogen-bond donors (Lipinski definition) is 0. The fraction of sp³-hybridized carbons (Fsp3) is 0.190. The summed E-state index contributed by atoms with van der Waals surface area (Å²) in [4.78, 5) is 12.6. The lowest BCUT2D eigenvalue weighted by molar-refractivity contribution is 0.395. The Kier molecular flexibility index (Phi) is 5.68. The highest BCUT2D eigenvalue weighted by Gasteiger charge is 2.21. The summed E-state index contributed by atoms with van der Waals surface area (Å²) in [6.07, 6.45) is 1.67. The molecule has 146 valence electrons. The number of benzene rings is 2. The van der Waals surface area contributed by atoms with E-state index in [9.17, 15) is 9.18 Å². The predicted octanol–water partition coefficient (Wildman–Crippen LogP) is 5.49. The number of halogens is 3. The van der Waals surface area contributed by atoms with Gasteiger partial charge < -0.3 is 14.0 Å². The lowest BCUT2D eigenvalue weighted by Crippen LogP contribution is -2.20. The molecule has 3 rings (SSSR count). The molecule has 28 heavy (non-hydrogen) atoms. The largest absolute Gasteiger partial charge is 0.497 e. The third-order valence-corrected chi connectivity index (χ3v) is 5.27. The monoisotopic (exact) mass is 421 g/mol. The van der Waals surface area contributed by atoms with Gasteiger partial charge in [-0.25, -0.2) is 4.39 Å². The van der Waals surface area contributed by atoms with Crippen LogP contribution >= 0.6 is 23.2 Å². The van der Waals surface area contributed by atoms with Crippen molar-refractivity contribution in [2.45, 2.75) is 6.92 Å². The normalized spacial score (nSPS) is 10.8. The number of nitrogens with zero attached hydrogens (tertiary/aromatic N) is 1. The number of aryl methyl sites for hydroxylation is 1. The Balaban J connectivity index is 2.45. The van der Waals surface area contributed by atoms with Crippen molar-refractivity contribution in [1.29, 1.82) is 0 Å². The molecule has 3 aromatic rings. The zero-order valence-electron chi connectivity index (χ0n) is 15.8. The SMILES string of the molecule is COc1cc(OC)c(Cl)c(-c2cn(C)c(=O)c(C)c2-c2ccc(F)cc2Cl)c1. The minimum atomic E-state index is -0.460. The Bertz CT molecular complexity index is 1130. The van der Waals surface area contributed by atoms with Gasteiger partial charge in [-0.2, -0.15) is 0 Å². The van der Waals surface area contributed by atoms with E-state index in [1.807, 2.05) is 0 Å². The van der Waals surface area contributed by atoms with E-state index in [1.165, 1.54) is 30.9 Å². The maximum absolute atomic E-state index is 13.6. The van der Waals surface area contributed by atoms with Crippen LogP contribution in [-0.2, 0) is 7.05 Å². The fourth-order valence-electron chi connectivity index (χ4n) is 3.17. The van der Waals surface area contributed by atoms with Crippen molar-refractivity contribution >= 4 is 23.2 Å². The predicted molar refractivity (Wildman–Crippen MR) is 110 cm³/mol. The summed E-state index contributed by atoms with van der Waals surface area (Å²) >= 11 is 12.9. The van der Waals surface area contributed by atoms with Gasteiger partial charge in [-0.05, 0) is 31.2 Å². The first-order chi connectivity index (χ1) is 13.3. The summed E-state index contributed by atoms with van der Waals surface area (Å²) in [5.74, 6) is 0.510. The zero-order chi connectivity index (χ0) is 20.6. The van der Waals surface area contributed by atoms with Crippen LogP contribution < -0.4 is 15.0 Å². The van der Waals surface area contributed by atoms with Gasteiger partial charge in [0.05, 0.1) is 24.3 Å². The van der Waals surface area contributed by atoms with Crippen LogP contribution in [0.1, 0.15) is 5.56 Å². The molecule has 0 bridgehead atoms. The third-order valence-electron chi connectivity index (χ3n) is 4.57. The molecule has 0 N–H and O–H groups in total. The summed E-state index contributed by atoms with van der Waals surface area (Å²) in [6, 6.07) is 7.49. The van der Waals surface area contributed by atoms with Crippen LogP contribution in [0.3, 0.4) is 0 Å². The second kappa shape index (κ2) is 7.86. The van der Waals surface area contributed by atoms with Crippen LogP contribution in [0.15, 0.2) is 41.3 Å². The average molecular weight is 422 g/mol. The van der Waals surface area contributed by atoms with Gasteiger partial charge in [0.1, 0.15) is 17.3 Å². The van der Waals surface area contributed by atoms with Crippen LogP contribution in [0.25, 0.3) is 22.3 Å². The van der Waals surface area contributed by atoms with Crippen molar-refractivity contribution in [2.75, 3.05) is 14.2 Å². The van der Waals surface area contributed by atoms with Gasteiger partial charge in [0.15, 0.2) is 0 Å². The van der Waals surface area contributed by atoms with Gasteiger partial charge in [-0.3, -0.25) is 4.79 Å². The van der Waals surface area contributed by atoms with E-state index in [-0.39, 0.29) is 10.6 Å². The molecule has 0 unspecified atom stereocenters. The highest BCUT2D eigenvalue weighted by atomic mass is 35.5. The smallest absolute Gasteiger partial charge is 0.253 e. The second-order valence-corrected chi connectivity index (χ2v) is 7.06. The molecule has 0 aliphatic heterocycles. The molecule has 4 nitrogen and oxygen atoms in total. The van der Waals surface area contributed by atoms with Crippen LogP contribution in [0.5, 0.6) is 11.5 Å². The molecule has 0 atom stereocenters. The number of methoxy groups -OCH3 is 2. The van der Waals surface area contributed by atoms with Gasteiger partial charge in [0.25, 0.3) is 5.56 Å². The number of aromatic nitrogens is 1. The highest BCUT2D eigenvalue weighted by molar-refractivity contribution is 6.35. The number of ether oxygens (including phenoxy) is 2. The molecule has 0 spiro atoms. The first kappa shape index (κ1) is 20.2. The van der Waals surface area contributed by atoms with Crippen molar-refractivity contribution in [3.8, 4) is 33.8 Å². The Morgan fingerprint density at radius 3 is 2.32 bits per heavy atom. The van der Waals surface area contributed by atoms with E-state index in [1.54, 1.807) is 38.4 Å². The van der Waals surface area contributed by atoms with Gasteiger partial charge in [-0.15, -0.1) is 0 Å². The summed E-state index contributed by atoms with van der Waals surface area (Å²) in [5, 5.41) is 0.560. The maximum atomic E-state index is 13.6. The lowest BCUT2D eigenvalue weighted by atomic mass is 9.92. The van der Waals surface area contributed by atoms with Crippen LogP contribution in [-0.4, -0.2) is 18.8 Å². The van der Waals surface area contributed by atoms with Crippen molar-refractivity contribution < 1.29 is 13.9 Å². The number of rotatable bonds is 4. The Morgan fingerprint density at radius 2 is 1.71 bits per heavy atom. The molecule has 0 fully saturated rings.